The molecule has 2 fully saturated rings. The van der Waals surface area contributed by atoms with Gasteiger partial charge in [0.05, 0.1) is 6.54 Å². The minimum Gasteiger partial charge on any atom is -0.388 e. The molecule has 1 saturated heterocycles. The Bertz CT molecular complexity index is 823. The quantitative estimate of drug-likeness (QED) is 0.786. The maximum absolute atomic E-state index is 13.6. The molecule has 28 heavy (non-hydrogen) atoms. The lowest BCUT2D eigenvalue weighted by Gasteiger charge is -2.33. The van der Waals surface area contributed by atoms with E-state index in [4.69, 9.17) is 0 Å². The molecule has 0 aromatic carbocycles. The van der Waals surface area contributed by atoms with Gasteiger partial charge in [0, 0.05) is 31.7 Å². The smallest absolute Gasteiger partial charge is 0.261 e. The number of hydrogen-bond donors (Lipinski definition) is 2. The second-order valence-electron chi connectivity index (χ2n) is 8.13. The third kappa shape index (κ3) is 3.45. The fraction of sp³-hybridized carbons (Fsp3) is 0.650. The van der Waals surface area contributed by atoms with E-state index in [9.17, 15) is 23.9 Å². The number of hydrogen-bond acceptors (Lipinski definition) is 4. The average Bonchev–Trinajstić information content (AvgIpc) is 3.06. The van der Waals surface area contributed by atoms with Gasteiger partial charge in [0.15, 0.2) is 0 Å². The number of β-amino-alcohol motifs (C(OH)–C–C–N with tert-alkyl or cyclic N) is 1. The molecule has 8 heteroatoms. The third-order valence-corrected chi connectivity index (χ3v) is 6.27. The van der Waals surface area contributed by atoms with Crippen LogP contribution in [0.15, 0.2) is 11.0 Å². The second-order valence-corrected chi connectivity index (χ2v) is 8.13. The molecule has 1 saturated carbocycles. The number of aliphatic hydroxyl groups excluding tert-OH is 1. The summed E-state index contributed by atoms with van der Waals surface area (Å²) in [5.74, 6) is -0.316. The Balaban J connectivity index is 1.55. The van der Waals surface area contributed by atoms with Crippen molar-refractivity contribution in [2.75, 3.05) is 19.6 Å². The molecule has 3 heterocycles. The van der Waals surface area contributed by atoms with Gasteiger partial charge in [-0.1, -0.05) is 19.3 Å². The van der Waals surface area contributed by atoms with Gasteiger partial charge in [0.2, 0.25) is 5.91 Å². The van der Waals surface area contributed by atoms with E-state index in [1.165, 1.54) is 11.3 Å². The predicted molar refractivity (Wildman–Crippen MR) is 99.6 cm³/mol. The molecule has 0 spiro atoms. The van der Waals surface area contributed by atoms with Crippen LogP contribution < -0.4 is 5.56 Å². The van der Waals surface area contributed by atoms with Crippen molar-refractivity contribution in [2.45, 2.75) is 57.3 Å². The summed E-state index contributed by atoms with van der Waals surface area (Å²) in [6, 6.07) is 0. The SMILES string of the molecule is O=C(c1c2c(c[nH]c1=O)CN(C(=O)C1CCCCC1)CC2)N1C[C@@H](O)[C@H](F)C1. The van der Waals surface area contributed by atoms with E-state index in [0.717, 1.165) is 31.2 Å². The van der Waals surface area contributed by atoms with E-state index < -0.39 is 23.7 Å². The number of aliphatic hydroxyl groups is 1. The van der Waals surface area contributed by atoms with Crippen LogP contribution in [0.2, 0.25) is 0 Å². The summed E-state index contributed by atoms with van der Waals surface area (Å²) in [5.41, 5.74) is 0.907. The van der Waals surface area contributed by atoms with Crippen molar-refractivity contribution in [1.82, 2.24) is 14.8 Å². The number of amides is 2. The van der Waals surface area contributed by atoms with Crippen molar-refractivity contribution in [3.8, 4) is 0 Å². The number of H-pyrrole nitrogens is 1. The maximum atomic E-state index is 13.6. The number of carbonyl (C=O) groups is 2. The monoisotopic (exact) mass is 391 g/mol. The highest BCUT2D eigenvalue weighted by Crippen LogP contribution is 2.29. The summed E-state index contributed by atoms with van der Waals surface area (Å²) in [6.45, 7) is 0.515. The molecule has 2 aliphatic heterocycles. The van der Waals surface area contributed by atoms with E-state index >= 15 is 0 Å². The van der Waals surface area contributed by atoms with Crippen LogP contribution in [-0.4, -0.2) is 63.6 Å². The molecule has 1 aromatic heterocycles. The van der Waals surface area contributed by atoms with Gasteiger partial charge in [-0.05, 0) is 30.4 Å². The Morgan fingerprint density at radius 3 is 2.57 bits per heavy atom. The number of aromatic nitrogens is 1. The number of likely N-dealkylation sites (tertiary alicyclic amines) is 1. The van der Waals surface area contributed by atoms with Crippen LogP contribution in [0.3, 0.4) is 0 Å². The number of nitrogens with one attached hydrogen (secondary N) is 1. The lowest BCUT2D eigenvalue weighted by atomic mass is 9.87. The number of halogens is 1. The van der Waals surface area contributed by atoms with Crippen LogP contribution in [0.4, 0.5) is 4.39 Å². The van der Waals surface area contributed by atoms with Crippen LogP contribution in [-0.2, 0) is 17.8 Å². The number of carbonyl (C=O) groups excluding carboxylic acids is 2. The number of fused-ring (bicyclic) bond motifs is 1. The van der Waals surface area contributed by atoms with E-state index in [0.29, 0.717) is 25.1 Å². The lowest BCUT2D eigenvalue weighted by molar-refractivity contribution is -0.137. The van der Waals surface area contributed by atoms with E-state index in [1.807, 2.05) is 4.90 Å². The van der Waals surface area contributed by atoms with Gasteiger partial charge in [-0.25, -0.2) is 4.39 Å². The average molecular weight is 391 g/mol. The van der Waals surface area contributed by atoms with Crippen molar-refractivity contribution >= 4 is 11.8 Å². The van der Waals surface area contributed by atoms with Crippen molar-refractivity contribution in [3.05, 3.63) is 33.2 Å². The Hall–Kier alpha value is -2.22. The zero-order chi connectivity index (χ0) is 19.8. The zero-order valence-corrected chi connectivity index (χ0v) is 15.8. The van der Waals surface area contributed by atoms with Crippen LogP contribution in [0.1, 0.15) is 53.6 Å². The highest BCUT2D eigenvalue weighted by molar-refractivity contribution is 5.96. The van der Waals surface area contributed by atoms with Crippen molar-refractivity contribution in [1.29, 1.82) is 0 Å². The first-order valence-electron chi connectivity index (χ1n) is 10.1. The van der Waals surface area contributed by atoms with Crippen LogP contribution in [0, 0.1) is 5.92 Å². The molecule has 0 unspecified atom stereocenters. The maximum Gasteiger partial charge on any atom is 0.261 e. The predicted octanol–water partition coefficient (Wildman–Crippen LogP) is 0.995. The summed E-state index contributed by atoms with van der Waals surface area (Å²) in [6.07, 6.45) is 4.51. The first kappa shape index (κ1) is 19.1. The van der Waals surface area contributed by atoms with Gasteiger partial charge < -0.3 is 19.9 Å². The number of alkyl halides is 1. The Kier molecular flexibility index (Phi) is 5.23. The number of rotatable bonds is 2. The van der Waals surface area contributed by atoms with Crippen molar-refractivity contribution in [3.63, 3.8) is 0 Å². The lowest BCUT2D eigenvalue weighted by Crippen LogP contribution is -2.42. The Morgan fingerprint density at radius 1 is 1.14 bits per heavy atom. The molecule has 7 nitrogen and oxygen atoms in total. The topological polar surface area (TPSA) is 93.7 Å². The normalized spacial score (nSPS) is 25.6. The summed E-state index contributed by atoms with van der Waals surface area (Å²) in [7, 11) is 0. The first-order chi connectivity index (χ1) is 13.5. The molecule has 2 N–H and O–H groups in total. The van der Waals surface area contributed by atoms with E-state index in [1.54, 1.807) is 6.20 Å². The first-order valence-corrected chi connectivity index (χ1v) is 10.1. The third-order valence-electron chi connectivity index (χ3n) is 6.27. The molecule has 1 aliphatic carbocycles. The van der Waals surface area contributed by atoms with E-state index in [-0.39, 0.29) is 30.5 Å². The number of aromatic amines is 1. The largest absolute Gasteiger partial charge is 0.388 e. The molecule has 3 aliphatic rings. The van der Waals surface area contributed by atoms with Crippen LogP contribution in [0.5, 0.6) is 0 Å². The summed E-state index contributed by atoms with van der Waals surface area (Å²) < 4.78 is 13.6. The molecule has 0 radical (unpaired) electrons. The molecule has 0 bridgehead atoms. The van der Waals surface area contributed by atoms with Gasteiger partial charge in [-0.2, -0.15) is 0 Å². The standard InChI is InChI=1S/C20H26FN3O4/c21-15-10-24(11-16(15)25)20(28)17-14-6-7-23(9-13(14)8-22-18(17)26)19(27)12-4-2-1-3-5-12/h8,12,15-16,25H,1-7,9-11H2,(H,22,26)/t15-,16-/m1/s1. The van der Waals surface area contributed by atoms with Gasteiger partial charge in [0.1, 0.15) is 17.8 Å². The molecular weight excluding hydrogens is 365 g/mol. The molecule has 1 aromatic rings. The molecule has 2 atom stereocenters. The molecule has 2 amide bonds. The molecule has 4 rings (SSSR count). The van der Waals surface area contributed by atoms with Gasteiger partial charge >= 0.3 is 0 Å². The van der Waals surface area contributed by atoms with Crippen LogP contribution in [0.25, 0.3) is 0 Å². The van der Waals surface area contributed by atoms with E-state index in [2.05, 4.69) is 4.98 Å². The fourth-order valence-electron chi connectivity index (χ4n) is 4.66. The number of nitrogens with zero attached hydrogens (tertiary/aromatic N) is 2. The van der Waals surface area contributed by atoms with Gasteiger partial charge in [-0.15, -0.1) is 0 Å². The number of pyridine rings is 1. The highest BCUT2D eigenvalue weighted by Gasteiger charge is 2.37. The minimum absolute atomic E-state index is 0.0172. The molecular formula is C20H26FN3O4. The zero-order valence-electron chi connectivity index (χ0n) is 15.8. The Morgan fingerprint density at radius 2 is 1.89 bits per heavy atom. The van der Waals surface area contributed by atoms with Gasteiger partial charge in [-0.3, -0.25) is 14.4 Å². The van der Waals surface area contributed by atoms with Crippen molar-refractivity contribution < 1.29 is 19.1 Å². The van der Waals surface area contributed by atoms with Crippen LogP contribution >= 0.6 is 0 Å². The summed E-state index contributed by atoms with van der Waals surface area (Å²) in [4.78, 5) is 43.7. The Labute approximate surface area is 162 Å². The van der Waals surface area contributed by atoms with Gasteiger partial charge in [0.25, 0.3) is 11.5 Å². The highest BCUT2D eigenvalue weighted by atomic mass is 19.1. The summed E-state index contributed by atoms with van der Waals surface area (Å²) in [5, 5.41) is 9.59. The minimum atomic E-state index is -1.49. The molecule has 152 valence electrons. The van der Waals surface area contributed by atoms with Crippen molar-refractivity contribution in [2.24, 2.45) is 5.92 Å². The fourth-order valence-corrected chi connectivity index (χ4v) is 4.66. The summed E-state index contributed by atoms with van der Waals surface area (Å²) >= 11 is 0. The second kappa shape index (κ2) is 7.66.